The monoisotopic (exact) mass is 453 g/mol. The molecule has 0 spiro atoms. The van der Waals surface area contributed by atoms with Crippen molar-refractivity contribution in [2.24, 2.45) is 5.11 Å². The molecule has 6 heteroatoms. The number of rotatable bonds is 21. The molecule has 32 heavy (non-hydrogen) atoms. The van der Waals surface area contributed by atoms with Gasteiger partial charge in [-0.2, -0.15) is 0 Å². The van der Waals surface area contributed by atoms with Crippen LogP contribution in [0.1, 0.15) is 136 Å². The zero-order chi connectivity index (χ0) is 23.5. The number of nitrogens with zero attached hydrogens (tertiary/aromatic N) is 3. The minimum absolute atomic E-state index is 0.121. The van der Waals surface area contributed by atoms with Crippen molar-refractivity contribution in [2.45, 2.75) is 160 Å². The van der Waals surface area contributed by atoms with Crippen LogP contribution >= 0.6 is 0 Å². The van der Waals surface area contributed by atoms with Crippen LogP contribution in [-0.4, -0.2) is 35.8 Å². The Labute approximate surface area is 197 Å². The van der Waals surface area contributed by atoms with E-state index >= 15 is 0 Å². The zero-order valence-corrected chi connectivity index (χ0v) is 21.3. The van der Waals surface area contributed by atoms with Crippen LogP contribution in [0.5, 0.6) is 0 Å². The maximum absolute atomic E-state index is 9.53. The average molecular weight is 454 g/mol. The Morgan fingerprint density at radius 1 is 0.781 bits per heavy atom. The van der Waals surface area contributed by atoms with Crippen LogP contribution in [-0.2, 0) is 9.47 Å². The van der Waals surface area contributed by atoms with E-state index < -0.39 is 11.8 Å². The maximum Gasteiger partial charge on any atom is 0.163 e. The quantitative estimate of drug-likeness (QED) is 0.0821. The van der Waals surface area contributed by atoms with Gasteiger partial charge in [0.15, 0.2) is 5.79 Å². The highest BCUT2D eigenvalue weighted by Gasteiger charge is 2.44. The lowest BCUT2D eigenvalue weighted by molar-refractivity contribution is -0.148. The number of ether oxygens (including phenoxy) is 2. The second kappa shape index (κ2) is 18.6. The first-order valence-electron chi connectivity index (χ1n) is 13.5. The molecule has 1 rings (SSSR count). The fourth-order valence-electron chi connectivity index (χ4n) is 4.76. The first kappa shape index (κ1) is 29.2. The van der Waals surface area contributed by atoms with Gasteiger partial charge in [0.2, 0.25) is 0 Å². The molecule has 0 aromatic rings. The molecule has 0 amide bonds. The second-order valence-electron chi connectivity index (χ2n) is 10.0. The third kappa shape index (κ3) is 13.7. The van der Waals surface area contributed by atoms with Crippen LogP contribution in [0.3, 0.4) is 0 Å². The summed E-state index contributed by atoms with van der Waals surface area (Å²) in [6.45, 7) is 5.81. The minimum atomic E-state index is -0.692. The highest BCUT2D eigenvalue weighted by molar-refractivity contribution is 4.90. The molecule has 1 fully saturated rings. The molecule has 188 valence electrons. The van der Waals surface area contributed by atoms with Crippen LogP contribution in [0.15, 0.2) is 5.11 Å². The Morgan fingerprint density at radius 3 is 1.62 bits per heavy atom. The van der Waals surface area contributed by atoms with Crippen LogP contribution in [0.4, 0.5) is 0 Å². The van der Waals surface area contributed by atoms with E-state index in [4.69, 9.17) is 15.0 Å². The molecular formula is C26H51N3O3. The van der Waals surface area contributed by atoms with Crippen LogP contribution in [0, 0.1) is 0 Å². The standard InChI is InChI=1S/C26H51N3O3/c1-4-5-6-7-8-9-10-11-12-13-14-15-16-17-18-19-20-21-24-25(23(22-30)28-29-27)32-26(2,3)31-24/h23-25,30H,4-22H2,1-3H3/t23-,24-,25+/m1/s1. The van der Waals surface area contributed by atoms with E-state index in [-0.39, 0.29) is 18.8 Å². The predicted molar refractivity (Wildman–Crippen MR) is 133 cm³/mol. The third-order valence-electron chi connectivity index (χ3n) is 6.58. The van der Waals surface area contributed by atoms with Crippen molar-refractivity contribution in [2.75, 3.05) is 6.61 Å². The van der Waals surface area contributed by atoms with Crippen molar-refractivity contribution in [1.29, 1.82) is 0 Å². The van der Waals surface area contributed by atoms with Gasteiger partial charge in [-0.1, -0.05) is 121 Å². The summed E-state index contributed by atoms with van der Waals surface area (Å²) >= 11 is 0. The molecule has 1 heterocycles. The van der Waals surface area contributed by atoms with Crippen molar-refractivity contribution in [3.05, 3.63) is 10.4 Å². The van der Waals surface area contributed by atoms with Crippen molar-refractivity contribution in [1.82, 2.24) is 0 Å². The van der Waals surface area contributed by atoms with E-state index in [2.05, 4.69) is 16.9 Å². The summed E-state index contributed by atoms with van der Waals surface area (Å²) in [5.41, 5.74) is 8.73. The van der Waals surface area contributed by atoms with E-state index in [0.29, 0.717) is 0 Å². The first-order valence-corrected chi connectivity index (χ1v) is 13.5. The van der Waals surface area contributed by atoms with Gasteiger partial charge in [-0.15, -0.1) is 0 Å². The summed E-state index contributed by atoms with van der Waals surface area (Å²) < 4.78 is 11.9. The van der Waals surface area contributed by atoms with Gasteiger partial charge in [-0.3, -0.25) is 0 Å². The lowest BCUT2D eigenvalue weighted by Crippen LogP contribution is -2.36. The van der Waals surface area contributed by atoms with Gasteiger partial charge >= 0.3 is 0 Å². The molecule has 0 aromatic carbocycles. The molecule has 0 radical (unpaired) electrons. The van der Waals surface area contributed by atoms with Gasteiger partial charge in [0, 0.05) is 4.91 Å². The highest BCUT2D eigenvalue weighted by Crippen LogP contribution is 2.33. The number of aliphatic hydroxyl groups excluding tert-OH is 1. The Bertz CT molecular complexity index is 495. The number of hydrogen-bond acceptors (Lipinski definition) is 4. The lowest BCUT2D eigenvalue weighted by Gasteiger charge is -2.21. The molecule has 1 aliphatic rings. The molecule has 6 nitrogen and oxygen atoms in total. The van der Waals surface area contributed by atoms with Gasteiger partial charge in [0.05, 0.1) is 24.9 Å². The Hall–Kier alpha value is -0.810. The number of unbranched alkanes of at least 4 members (excludes halogenated alkanes) is 16. The summed E-state index contributed by atoms with van der Waals surface area (Å²) in [5, 5.41) is 13.2. The summed E-state index contributed by atoms with van der Waals surface area (Å²) in [6, 6.07) is -0.586. The SMILES string of the molecule is CCCCCCCCCCCCCCCCCCC[C@H]1OC(C)(C)O[C@H]1[C@@H](CO)N=[N+]=[N-]. The molecule has 0 bridgehead atoms. The largest absolute Gasteiger partial charge is 0.396 e. The molecule has 1 saturated heterocycles. The fraction of sp³-hybridized carbons (Fsp3) is 1.00. The van der Waals surface area contributed by atoms with Crippen molar-refractivity contribution in [3.8, 4) is 0 Å². The summed E-state index contributed by atoms with van der Waals surface area (Å²) in [5.74, 6) is -0.692. The summed E-state index contributed by atoms with van der Waals surface area (Å²) in [7, 11) is 0. The summed E-state index contributed by atoms with van der Waals surface area (Å²) in [6.07, 6.45) is 23.5. The normalized spacial score (nSPS) is 20.9. The van der Waals surface area contributed by atoms with Crippen molar-refractivity contribution >= 4 is 0 Å². The molecule has 0 aromatic heterocycles. The summed E-state index contributed by atoms with van der Waals surface area (Å²) in [4.78, 5) is 2.85. The van der Waals surface area contributed by atoms with Crippen LogP contribution in [0.2, 0.25) is 0 Å². The Balaban J connectivity index is 1.96. The van der Waals surface area contributed by atoms with E-state index in [9.17, 15) is 5.11 Å². The van der Waals surface area contributed by atoms with E-state index in [0.717, 1.165) is 12.8 Å². The molecule has 3 atom stereocenters. The van der Waals surface area contributed by atoms with Gasteiger partial charge in [0.1, 0.15) is 0 Å². The smallest absolute Gasteiger partial charge is 0.163 e. The van der Waals surface area contributed by atoms with E-state index in [1.807, 2.05) is 13.8 Å². The first-order chi connectivity index (χ1) is 15.5. The lowest BCUT2D eigenvalue weighted by atomic mass is 10.00. The highest BCUT2D eigenvalue weighted by atomic mass is 16.8. The van der Waals surface area contributed by atoms with Crippen LogP contribution < -0.4 is 0 Å². The van der Waals surface area contributed by atoms with Gasteiger partial charge < -0.3 is 14.6 Å². The molecular weight excluding hydrogens is 402 g/mol. The third-order valence-corrected chi connectivity index (χ3v) is 6.58. The maximum atomic E-state index is 9.53. The number of azide groups is 1. The van der Waals surface area contributed by atoms with Crippen LogP contribution in [0.25, 0.3) is 10.4 Å². The topological polar surface area (TPSA) is 87.5 Å². The van der Waals surface area contributed by atoms with Gasteiger partial charge in [0.25, 0.3) is 0 Å². The van der Waals surface area contributed by atoms with E-state index in [1.54, 1.807) is 0 Å². The van der Waals surface area contributed by atoms with Crippen molar-refractivity contribution < 1.29 is 14.6 Å². The predicted octanol–water partition coefficient (Wildman–Crippen LogP) is 8.22. The molecule has 0 aliphatic carbocycles. The van der Waals surface area contributed by atoms with E-state index in [1.165, 1.54) is 103 Å². The fourth-order valence-corrected chi connectivity index (χ4v) is 4.76. The number of aliphatic hydroxyl groups is 1. The van der Waals surface area contributed by atoms with Gasteiger partial charge in [-0.25, -0.2) is 0 Å². The Morgan fingerprint density at radius 2 is 1.22 bits per heavy atom. The zero-order valence-electron chi connectivity index (χ0n) is 21.3. The molecule has 0 unspecified atom stereocenters. The average Bonchev–Trinajstić information content (AvgIpc) is 3.08. The molecule has 1 N–H and O–H groups in total. The second-order valence-corrected chi connectivity index (χ2v) is 10.0. The minimum Gasteiger partial charge on any atom is -0.396 e. The van der Waals surface area contributed by atoms with Gasteiger partial charge in [-0.05, 0) is 25.8 Å². The molecule has 0 saturated carbocycles. The Kier molecular flexibility index (Phi) is 17.0. The molecule has 1 aliphatic heterocycles. The number of hydrogen-bond donors (Lipinski definition) is 1. The van der Waals surface area contributed by atoms with Crippen molar-refractivity contribution in [3.63, 3.8) is 0 Å².